The number of ether oxygens (including phenoxy) is 2. The summed E-state index contributed by atoms with van der Waals surface area (Å²) in [6.07, 6.45) is 4.26. The van der Waals surface area contributed by atoms with Crippen molar-refractivity contribution in [3.63, 3.8) is 0 Å². The Bertz CT molecular complexity index is 1660. The summed E-state index contributed by atoms with van der Waals surface area (Å²) in [6.45, 7) is 2.52. The molecule has 2 unspecified atom stereocenters. The van der Waals surface area contributed by atoms with E-state index >= 15 is 0 Å². The van der Waals surface area contributed by atoms with Crippen molar-refractivity contribution in [2.24, 2.45) is 10.7 Å². The van der Waals surface area contributed by atoms with E-state index in [1.807, 2.05) is 59.3 Å². The minimum absolute atomic E-state index is 0.0902. The molecule has 11 heteroatoms. The summed E-state index contributed by atoms with van der Waals surface area (Å²) in [5.41, 5.74) is 10.8. The number of hydrogen-bond donors (Lipinski definition) is 3. The SMILES string of the molecule is NC1NC=Nc2c1c(-c1ccc(NC(=O)c3c4n(n(-c5ccccc5)c3=O)CCOC4)cc1)cn2C1CCOC1. The Labute approximate surface area is 229 Å². The third kappa shape index (κ3) is 4.06. The van der Waals surface area contributed by atoms with Gasteiger partial charge in [-0.1, -0.05) is 30.3 Å². The molecule has 0 bridgehead atoms. The monoisotopic (exact) mass is 539 g/mol. The normalized spacial score (nSPS) is 19.6. The molecule has 0 radical (unpaired) electrons. The number of benzene rings is 2. The fraction of sp³-hybridized carbons (Fsp3) is 0.276. The fourth-order valence-corrected chi connectivity index (χ4v) is 5.75. The van der Waals surface area contributed by atoms with Crippen LogP contribution in [-0.2, 0) is 22.6 Å². The maximum atomic E-state index is 13.5. The van der Waals surface area contributed by atoms with E-state index in [9.17, 15) is 9.59 Å². The van der Waals surface area contributed by atoms with Gasteiger partial charge in [0.2, 0.25) is 0 Å². The predicted molar refractivity (Wildman–Crippen MR) is 150 cm³/mol. The van der Waals surface area contributed by atoms with Crippen LogP contribution in [0.4, 0.5) is 11.5 Å². The number of hydrogen-bond acceptors (Lipinski definition) is 7. The molecule has 0 aliphatic carbocycles. The first kappa shape index (κ1) is 24.6. The van der Waals surface area contributed by atoms with Gasteiger partial charge in [0.25, 0.3) is 11.5 Å². The summed E-state index contributed by atoms with van der Waals surface area (Å²) >= 11 is 0. The molecule has 1 saturated heterocycles. The number of amides is 1. The van der Waals surface area contributed by atoms with Crippen molar-refractivity contribution in [1.82, 2.24) is 19.2 Å². The topological polar surface area (TPSA) is 130 Å². The van der Waals surface area contributed by atoms with Crippen LogP contribution < -0.4 is 21.9 Å². The number of rotatable bonds is 5. The molecule has 3 aliphatic rings. The number of nitrogens with one attached hydrogen (secondary N) is 2. The molecule has 2 aromatic heterocycles. The minimum atomic E-state index is -0.466. The third-order valence-electron chi connectivity index (χ3n) is 7.71. The lowest BCUT2D eigenvalue weighted by Gasteiger charge is -2.20. The minimum Gasteiger partial charge on any atom is -0.379 e. The first-order valence-electron chi connectivity index (χ1n) is 13.4. The summed E-state index contributed by atoms with van der Waals surface area (Å²) in [7, 11) is 0. The van der Waals surface area contributed by atoms with Gasteiger partial charge in [-0.05, 0) is 36.2 Å². The highest BCUT2D eigenvalue weighted by atomic mass is 16.5. The van der Waals surface area contributed by atoms with Gasteiger partial charge in [-0.2, -0.15) is 0 Å². The Hall–Kier alpha value is -4.45. The number of carbonyl (C=O) groups excluding carboxylic acids is 1. The van der Waals surface area contributed by atoms with Crippen LogP contribution in [0.5, 0.6) is 0 Å². The van der Waals surface area contributed by atoms with Crippen molar-refractivity contribution in [3.05, 3.63) is 88.0 Å². The zero-order chi connectivity index (χ0) is 27.2. The van der Waals surface area contributed by atoms with Crippen LogP contribution in [0.2, 0.25) is 0 Å². The number of anilines is 1. The Morgan fingerprint density at radius 2 is 1.90 bits per heavy atom. The molecule has 11 nitrogen and oxygen atoms in total. The van der Waals surface area contributed by atoms with E-state index in [4.69, 9.17) is 15.2 Å². The highest BCUT2D eigenvalue weighted by Crippen LogP contribution is 2.41. The maximum absolute atomic E-state index is 13.5. The van der Waals surface area contributed by atoms with E-state index in [-0.39, 0.29) is 29.9 Å². The highest BCUT2D eigenvalue weighted by Gasteiger charge is 2.30. The molecule has 2 atom stereocenters. The van der Waals surface area contributed by atoms with Gasteiger partial charge in [-0.25, -0.2) is 9.67 Å². The van der Waals surface area contributed by atoms with E-state index in [0.717, 1.165) is 35.5 Å². The molecule has 0 spiro atoms. The lowest BCUT2D eigenvalue weighted by Crippen LogP contribution is -2.30. The lowest BCUT2D eigenvalue weighted by molar-refractivity contribution is 0.0756. The quantitative estimate of drug-likeness (QED) is 0.358. The number of nitrogens with two attached hydrogens (primary N) is 1. The van der Waals surface area contributed by atoms with Crippen molar-refractivity contribution < 1.29 is 14.3 Å². The van der Waals surface area contributed by atoms with Gasteiger partial charge >= 0.3 is 0 Å². The zero-order valence-corrected chi connectivity index (χ0v) is 21.7. The standard InChI is InChI=1S/C29H29N7O4/c30-26-24-22(14-34(21-10-12-39-15-21)27(24)32-17-31-26)18-6-8-19(9-7-18)33-28(37)25-23-16-40-13-11-35(23)36(29(25)38)20-4-2-1-3-5-20/h1-9,14,17,21,26H,10-13,15-16,30H2,(H,31,32)(H,33,37). The van der Waals surface area contributed by atoms with E-state index in [0.29, 0.717) is 36.8 Å². The number of para-hydroxylation sites is 1. The van der Waals surface area contributed by atoms with Gasteiger partial charge < -0.3 is 30.4 Å². The summed E-state index contributed by atoms with van der Waals surface area (Å²) in [4.78, 5) is 31.5. The molecular formula is C29H29N7O4. The molecule has 3 aliphatic heterocycles. The molecule has 1 amide bonds. The second-order valence-corrected chi connectivity index (χ2v) is 10.1. The summed E-state index contributed by atoms with van der Waals surface area (Å²) < 4.78 is 16.8. The molecule has 204 valence electrons. The fourth-order valence-electron chi connectivity index (χ4n) is 5.75. The maximum Gasteiger partial charge on any atom is 0.284 e. The van der Waals surface area contributed by atoms with E-state index < -0.39 is 5.91 Å². The van der Waals surface area contributed by atoms with E-state index in [1.54, 1.807) is 11.0 Å². The largest absolute Gasteiger partial charge is 0.379 e. The summed E-state index contributed by atoms with van der Waals surface area (Å²) in [5.74, 6) is 0.372. The lowest BCUT2D eigenvalue weighted by atomic mass is 10.0. The van der Waals surface area contributed by atoms with Gasteiger partial charge in [0.15, 0.2) is 0 Å². The smallest absolute Gasteiger partial charge is 0.284 e. The van der Waals surface area contributed by atoms with Gasteiger partial charge in [-0.15, -0.1) is 0 Å². The average molecular weight is 540 g/mol. The van der Waals surface area contributed by atoms with Crippen molar-refractivity contribution in [3.8, 4) is 16.8 Å². The Morgan fingerprint density at radius 1 is 1.07 bits per heavy atom. The highest BCUT2D eigenvalue weighted by molar-refractivity contribution is 6.05. The first-order chi connectivity index (χ1) is 19.6. The number of nitrogens with zero attached hydrogens (tertiary/aromatic N) is 4. The van der Waals surface area contributed by atoms with Gasteiger partial charge in [0, 0.05) is 29.6 Å². The zero-order valence-electron chi connectivity index (χ0n) is 21.7. The van der Waals surface area contributed by atoms with Gasteiger partial charge in [-0.3, -0.25) is 14.3 Å². The predicted octanol–water partition coefficient (Wildman–Crippen LogP) is 3.07. The van der Waals surface area contributed by atoms with E-state index in [1.165, 1.54) is 0 Å². The van der Waals surface area contributed by atoms with Crippen LogP contribution >= 0.6 is 0 Å². The van der Waals surface area contributed by atoms with E-state index in [2.05, 4.69) is 26.4 Å². The summed E-state index contributed by atoms with van der Waals surface area (Å²) in [5, 5.41) is 6.00. The molecule has 2 aromatic carbocycles. The van der Waals surface area contributed by atoms with Crippen LogP contribution in [0.25, 0.3) is 16.8 Å². The Kier molecular flexibility index (Phi) is 6.11. The van der Waals surface area contributed by atoms with Gasteiger partial charge in [0.1, 0.15) is 17.5 Å². The molecule has 1 fully saturated rings. The second-order valence-electron chi connectivity index (χ2n) is 10.1. The third-order valence-corrected chi connectivity index (χ3v) is 7.71. The molecule has 4 aromatic rings. The average Bonchev–Trinajstić information content (AvgIpc) is 3.70. The number of aliphatic imine (C=N–C) groups is 1. The van der Waals surface area contributed by atoms with Crippen LogP contribution in [0.15, 0.2) is 70.6 Å². The number of carbonyl (C=O) groups is 1. The van der Waals surface area contributed by atoms with Crippen LogP contribution in [0.1, 0.15) is 40.2 Å². The molecular weight excluding hydrogens is 510 g/mol. The van der Waals surface area contributed by atoms with Crippen molar-refractivity contribution in [2.75, 3.05) is 25.1 Å². The molecule has 7 rings (SSSR count). The van der Waals surface area contributed by atoms with Gasteiger partial charge in [0.05, 0.1) is 50.1 Å². The molecule has 4 N–H and O–H groups in total. The van der Waals surface area contributed by atoms with Crippen molar-refractivity contribution in [2.45, 2.75) is 31.8 Å². The Balaban J connectivity index is 1.19. The number of fused-ring (bicyclic) bond motifs is 2. The molecule has 0 saturated carbocycles. The molecule has 40 heavy (non-hydrogen) atoms. The summed E-state index contributed by atoms with van der Waals surface area (Å²) in [6, 6.07) is 17.1. The van der Waals surface area contributed by atoms with Crippen LogP contribution in [0.3, 0.4) is 0 Å². The number of aromatic nitrogens is 3. The van der Waals surface area contributed by atoms with Crippen molar-refractivity contribution in [1.29, 1.82) is 0 Å². The van der Waals surface area contributed by atoms with Crippen LogP contribution in [-0.4, -0.2) is 46.0 Å². The first-order valence-corrected chi connectivity index (χ1v) is 13.4. The second kappa shape index (κ2) is 9.94. The van der Waals surface area contributed by atoms with Crippen LogP contribution in [0, 0.1) is 0 Å². The van der Waals surface area contributed by atoms with Crippen molar-refractivity contribution >= 4 is 23.8 Å². The Morgan fingerprint density at radius 3 is 2.67 bits per heavy atom. The molecule has 5 heterocycles.